The van der Waals surface area contributed by atoms with E-state index in [1.807, 2.05) is 11.3 Å². The van der Waals surface area contributed by atoms with Crippen molar-refractivity contribution >= 4 is 48.6 Å². The van der Waals surface area contributed by atoms with Gasteiger partial charge in [-0.25, -0.2) is 0 Å². The summed E-state index contributed by atoms with van der Waals surface area (Å²) in [5.74, 6) is 0. The number of anilines is 3. The van der Waals surface area contributed by atoms with E-state index in [-0.39, 0.29) is 5.41 Å². The molecule has 0 bridgehead atoms. The van der Waals surface area contributed by atoms with E-state index in [0.717, 1.165) is 11.4 Å². The van der Waals surface area contributed by atoms with E-state index < -0.39 is 0 Å². The van der Waals surface area contributed by atoms with Crippen LogP contribution in [0.2, 0.25) is 0 Å². The van der Waals surface area contributed by atoms with Gasteiger partial charge in [-0.1, -0.05) is 105 Å². The number of nitrogens with zero attached hydrogens (tertiary/aromatic N) is 1. The summed E-state index contributed by atoms with van der Waals surface area (Å²) in [4.78, 5) is 2.37. The number of thiophene rings is 1. The summed E-state index contributed by atoms with van der Waals surface area (Å²) in [5, 5.41) is 2.71. The second kappa shape index (κ2) is 9.19. The van der Waals surface area contributed by atoms with Crippen molar-refractivity contribution in [3.8, 4) is 22.3 Å². The van der Waals surface area contributed by atoms with E-state index in [2.05, 4.69) is 158 Å². The van der Waals surface area contributed by atoms with Crippen LogP contribution in [0.1, 0.15) is 25.0 Å². The minimum absolute atomic E-state index is 0.110. The molecule has 8 rings (SSSR count). The molecule has 2 heteroatoms. The van der Waals surface area contributed by atoms with Gasteiger partial charge in [-0.3, -0.25) is 0 Å². The lowest BCUT2D eigenvalue weighted by molar-refractivity contribution is 0.661. The van der Waals surface area contributed by atoms with Crippen molar-refractivity contribution in [3.05, 3.63) is 151 Å². The smallest absolute Gasteiger partial charge is 0.0468 e. The zero-order chi connectivity index (χ0) is 27.6. The maximum atomic E-state index is 2.48. The van der Waals surface area contributed by atoms with Crippen LogP contribution in [0.15, 0.2) is 140 Å². The van der Waals surface area contributed by atoms with Crippen LogP contribution >= 0.6 is 11.3 Å². The highest BCUT2D eigenvalue weighted by atomic mass is 32.1. The molecular weight excluding hydrogens is 515 g/mol. The molecule has 7 aromatic rings. The van der Waals surface area contributed by atoms with E-state index in [1.54, 1.807) is 0 Å². The predicted octanol–water partition coefficient (Wildman–Crippen LogP) is 11.5. The third kappa shape index (κ3) is 3.68. The van der Waals surface area contributed by atoms with Crippen molar-refractivity contribution in [1.29, 1.82) is 0 Å². The standard InChI is InChI=1S/C39H29NS/c1-39(2)32-23-22-29(40(27-16-8-4-9-17-27)28-18-10-5-11-19-28)24-31(32)37-33(39)25-35-38(30-20-12-13-21-34(30)41-35)36(37)26-14-6-3-7-15-26/h3-25H,1-2H3. The first-order valence-corrected chi connectivity index (χ1v) is 15.0. The zero-order valence-electron chi connectivity index (χ0n) is 23.1. The molecule has 0 unspecified atom stereocenters. The van der Waals surface area contributed by atoms with Gasteiger partial charge in [0.1, 0.15) is 0 Å². The van der Waals surface area contributed by atoms with Crippen LogP contribution in [0.3, 0.4) is 0 Å². The summed E-state index contributed by atoms with van der Waals surface area (Å²) in [7, 11) is 0. The van der Waals surface area contributed by atoms with E-state index in [4.69, 9.17) is 0 Å². The third-order valence-electron chi connectivity index (χ3n) is 8.64. The quantitative estimate of drug-likeness (QED) is 0.213. The molecule has 0 atom stereocenters. The van der Waals surface area contributed by atoms with Gasteiger partial charge in [0.15, 0.2) is 0 Å². The maximum Gasteiger partial charge on any atom is 0.0468 e. The fraction of sp³-hybridized carbons (Fsp3) is 0.0769. The Morgan fingerprint density at radius 3 is 1.80 bits per heavy atom. The van der Waals surface area contributed by atoms with Crippen molar-refractivity contribution in [1.82, 2.24) is 0 Å². The van der Waals surface area contributed by atoms with Gasteiger partial charge in [-0.15, -0.1) is 11.3 Å². The van der Waals surface area contributed by atoms with E-state index in [9.17, 15) is 0 Å². The summed E-state index contributed by atoms with van der Waals surface area (Å²) in [5.41, 5.74) is 11.5. The van der Waals surface area contributed by atoms with Gasteiger partial charge in [0.2, 0.25) is 0 Å². The summed E-state index contributed by atoms with van der Waals surface area (Å²) < 4.78 is 2.70. The fourth-order valence-electron chi connectivity index (χ4n) is 6.72. The number of rotatable bonds is 4. The monoisotopic (exact) mass is 543 g/mol. The molecule has 0 spiro atoms. The predicted molar refractivity (Wildman–Crippen MR) is 177 cm³/mol. The highest BCUT2D eigenvalue weighted by molar-refractivity contribution is 7.26. The van der Waals surface area contributed by atoms with Gasteiger partial charge in [0.25, 0.3) is 0 Å². The number of hydrogen-bond donors (Lipinski definition) is 0. The summed E-state index contributed by atoms with van der Waals surface area (Å²) in [6.07, 6.45) is 0. The Kier molecular flexibility index (Phi) is 5.42. The fourth-order valence-corrected chi connectivity index (χ4v) is 7.88. The van der Waals surface area contributed by atoms with Crippen molar-refractivity contribution < 1.29 is 0 Å². The van der Waals surface area contributed by atoms with Crippen LogP contribution in [0, 0.1) is 0 Å². The van der Waals surface area contributed by atoms with Gasteiger partial charge >= 0.3 is 0 Å². The molecule has 0 aliphatic heterocycles. The Bertz CT molecular complexity index is 2010. The molecule has 6 aromatic carbocycles. The molecule has 0 amide bonds. The van der Waals surface area contributed by atoms with Crippen molar-refractivity contribution in [3.63, 3.8) is 0 Å². The lowest BCUT2D eigenvalue weighted by Gasteiger charge is -2.27. The summed E-state index contributed by atoms with van der Waals surface area (Å²) in [6, 6.07) is 50.8. The van der Waals surface area contributed by atoms with Crippen LogP contribution in [0.5, 0.6) is 0 Å². The van der Waals surface area contributed by atoms with Gasteiger partial charge < -0.3 is 4.90 Å². The average Bonchev–Trinajstić information content (AvgIpc) is 3.50. The molecule has 1 aliphatic rings. The highest BCUT2D eigenvalue weighted by Crippen LogP contribution is 2.57. The highest BCUT2D eigenvalue weighted by Gasteiger charge is 2.39. The van der Waals surface area contributed by atoms with Gasteiger partial charge in [0.05, 0.1) is 0 Å². The number of fused-ring (bicyclic) bond motifs is 6. The molecule has 1 aromatic heterocycles. The van der Waals surface area contributed by atoms with Crippen LogP contribution in [0.4, 0.5) is 17.1 Å². The summed E-state index contributed by atoms with van der Waals surface area (Å²) >= 11 is 1.91. The first kappa shape index (κ1) is 24.2. The number of benzene rings is 6. The molecule has 0 saturated carbocycles. The van der Waals surface area contributed by atoms with Crippen LogP contribution in [-0.2, 0) is 5.41 Å². The molecule has 0 saturated heterocycles. The molecular formula is C39H29NS. The van der Waals surface area contributed by atoms with Gasteiger partial charge in [-0.05, 0) is 81.9 Å². The topological polar surface area (TPSA) is 3.24 Å². The minimum atomic E-state index is -0.110. The van der Waals surface area contributed by atoms with Crippen molar-refractivity contribution in [2.45, 2.75) is 19.3 Å². The average molecular weight is 544 g/mol. The van der Waals surface area contributed by atoms with Crippen molar-refractivity contribution in [2.75, 3.05) is 4.90 Å². The van der Waals surface area contributed by atoms with Crippen molar-refractivity contribution in [2.24, 2.45) is 0 Å². The first-order chi connectivity index (χ1) is 20.1. The Morgan fingerprint density at radius 1 is 0.512 bits per heavy atom. The van der Waals surface area contributed by atoms with E-state index >= 15 is 0 Å². The first-order valence-electron chi connectivity index (χ1n) is 14.2. The Balaban J connectivity index is 1.46. The molecule has 196 valence electrons. The molecule has 1 nitrogen and oxygen atoms in total. The second-order valence-corrected chi connectivity index (χ2v) is 12.5. The molecule has 1 aliphatic carbocycles. The largest absolute Gasteiger partial charge is 0.310 e. The third-order valence-corrected chi connectivity index (χ3v) is 9.75. The molecule has 0 fully saturated rings. The van der Waals surface area contributed by atoms with Crippen LogP contribution < -0.4 is 4.90 Å². The van der Waals surface area contributed by atoms with Crippen LogP contribution in [0.25, 0.3) is 42.4 Å². The second-order valence-electron chi connectivity index (χ2n) is 11.4. The Labute approximate surface area is 245 Å². The minimum Gasteiger partial charge on any atom is -0.310 e. The van der Waals surface area contributed by atoms with Crippen LogP contribution in [-0.4, -0.2) is 0 Å². The zero-order valence-corrected chi connectivity index (χ0v) is 24.0. The normalized spacial score (nSPS) is 13.3. The summed E-state index contributed by atoms with van der Waals surface area (Å²) in [6.45, 7) is 4.77. The molecule has 41 heavy (non-hydrogen) atoms. The van der Waals surface area contributed by atoms with E-state index in [1.165, 1.54) is 59.2 Å². The Morgan fingerprint density at radius 2 is 1.12 bits per heavy atom. The number of para-hydroxylation sites is 2. The van der Waals surface area contributed by atoms with E-state index in [0.29, 0.717) is 0 Å². The Hall–Kier alpha value is -4.66. The molecule has 1 heterocycles. The maximum absolute atomic E-state index is 2.48. The molecule has 0 radical (unpaired) electrons. The van der Waals surface area contributed by atoms with Gasteiger partial charge in [-0.2, -0.15) is 0 Å². The SMILES string of the molecule is CC1(C)c2ccc(N(c3ccccc3)c3ccccc3)cc2-c2c1cc1sc3ccccc3c1c2-c1ccccc1. The lowest BCUT2D eigenvalue weighted by Crippen LogP contribution is -2.15. The molecule has 0 N–H and O–H groups in total. The lowest BCUT2D eigenvalue weighted by atomic mass is 9.81. The van der Waals surface area contributed by atoms with Gasteiger partial charge in [0, 0.05) is 42.6 Å². The number of hydrogen-bond acceptors (Lipinski definition) is 2.